The molecule has 1 nitrogen and oxygen atoms in total. The van der Waals surface area contributed by atoms with E-state index in [2.05, 4.69) is 20.1 Å². The molecule has 0 aliphatic heterocycles. The zero-order valence-corrected chi connectivity index (χ0v) is 9.50. The van der Waals surface area contributed by atoms with Gasteiger partial charge in [-0.25, -0.2) is 0 Å². The number of unbranched alkanes of at least 4 members (excludes halogenated alkanes) is 3. The quantitative estimate of drug-likeness (QED) is 0.377. The molecule has 0 bridgehead atoms. The van der Waals surface area contributed by atoms with Crippen LogP contribution in [0.5, 0.6) is 0 Å². The molecule has 0 rings (SSSR count). The Morgan fingerprint density at radius 2 is 2.00 bits per heavy atom. The molecule has 14 heavy (non-hydrogen) atoms. The SMILES string of the molecule is C=CCCCC(C=C)OCCCCC. The first kappa shape index (κ1) is 13.4. The highest BCUT2D eigenvalue weighted by Crippen LogP contribution is 2.07. The van der Waals surface area contributed by atoms with Gasteiger partial charge in [0.2, 0.25) is 0 Å². The molecule has 0 aliphatic carbocycles. The zero-order valence-electron chi connectivity index (χ0n) is 9.50. The lowest BCUT2D eigenvalue weighted by Crippen LogP contribution is -2.10. The van der Waals surface area contributed by atoms with Gasteiger partial charge in [0.05, 0.1) is 6.10 Å². The zero-order chi connectivity index (χ0) is 10.6. The third-order valence-corrected chi connectivity index (χ3v) is 2.24. The van der Waals surface area contributed by atoms with Crippen LogP contribution in [0.2, 0.25) is 0 Å². The Balaban J connectivity index is 3.37. The van der Waals surface area contributed by atoms with Gasteiger partial charge in [-0.3, -0.25) is 0 Å². The van der Waals surface area contributed by atoms with Crippen molar-refractivity contribution in [1.82, 2.24) is 0 Å². The highest BCUT2D eigenvalue weighted by Gasteiger charge is 2.02. The van der Waals surface area contributed by atoms with Gasteiger partial charge >= 0.3 is 0 Å². The van der Waals surface area contributed by atoms with Gasteiger partial charge in [0.1, 0.15) is 0 Å². The molecular formula is C13H24O. The fourth-order valence-corrected chi connectivity index (χ4v) is 1.32. The Kier molecular flexibility index (Phi) is 10.1. The second kappa shape index (κ2) is 10.5. The lowest BCUT2D eigenvalue weighted by atomic mass is 10.1. The van der Waals surface area contributed by atoms with Crippen molar-refractivity contribution >= 4 is 0 Å². The van der Waals surface area contributed by atoms with Crippen molar-refractivity contribution in [3.63, 3.8) is 0 Å². The number of hydrogen-bond donors (Lipinski definition) is 0. The number of ether oxygens (including phenoxy) is 1. The van der Waals surface area contributed by atoms with Crippen molar-refractivity contribution in [3.8, 4) is 0 Å². The van der Waals surface area contributed by atoms with Crippen molar-refractivity contribution in [2.75, 3.05) is 6.61 Å². The summed E-state index contributed by atoms with van der Waals surface area (Å²) in [6.45, 7) is 10.6. The van der Waals surface area contributed by atoms with Crippen LogP contribution in [-0.4, -0.2) is 12.7 Å². The van der Waals surface area contributed by atoms with Crippen LogP contribution in [0.15, 0.2) is 25.3 Å². The molecule has 0 aromatic rings. The van der Waals surface area contributed by atoms with E-state index in [1.54, 1.807) is 0 Å². The molecule has 1 unspecified atom stereocenters. The molecule has 0 amide bonds. The predicted molar refractivity (Wildman–Crippen MR) is 63.5 cm³/mol. The monoisotopic (exact) mass is 196 g/mol. The molecule has 0 saturated heterocycles. The summed E-state index contributed by atoms with van der Waals surface area (Å²) in [6, 6.07) is 0. The first-order valence-electron chi connectivity index (χ1n) is 5.70. The summed E-state index contributed by atoms with van der Waals surface area (Å²) in [5.41, 5.74) is 0. The van der Waals surface area contributed by atoms with Gasteiger partial charge < -0.3 is 4.74 Å². The Hall–Kier alpha value is -0.560. The van der Waals surface area contributed by atoms with E-state index in [-0.39, 0.29) is 6.10 Å². The van der Waals surface area contributed by atoms with E-state index in [0.717, 1.165) is 25.9 Å². The smallest absolute Gasteiger partial charge is 0.0753 e. The van der Waals surface area contributed by atoms with Crippen molar-refractivity contribution in [1.29, 1.82) is 0 Å². The van der Waals surface area contributed by atoms with E-state index in [1.807, 2.05) is 12.2 Å². The number of allylic oxidation sites excluding steroid dienone is 1. The van der Waals surface area contributed by atoms with Gasteiger partial charge in [0.25, 0.3) is 0 Å². The van der Waals surface area contributed by atoms with E-state index >= 15 is 0 Å². The maximum absolute atomic E-state index is 5.69. The Morgan fingerprint density at radius 1 is 1.21 bits per heavy atom. The van der Waals surface area contributed by atoms with Crippen LogP contribution in [0.1, 0.15) is 45.4 Å². The maximum atomic E-state index is 5.69. The Labute approximate surface area is 88.9 Å². The predicted octanol–water partition coefficient (Wildman–Crippen LogP) is 4.10. The van der Waals surface area contributed by atoms with Crippen LogP contribution in [0, 0.1) is 0 Å². The van der Waals surface area contributed by atoms with Crippen molar-refractivity contribution in [2.24, 2.45) is 0 Å². The minimum Gasteiger partial charge on any atom is -0.374 e. The molecule has 0 spiro atoms. The van der Waals surface area contributed by atoms with E-state index in [1.165, 1.54) is 19.3 Å². The fourth-order valence-electron chi connectivity index (χ4n) is 1.32. The van der Waals surface area contributed by atoms with Crippen LogP contribution in [0.4, 0.5) is 0 Å². The molecule has 0 radical (unpaired) electrons. The van der Waals surface area contributed by atoms with Crippen LogP contribution in [0.25, 0.3) is 0 Å². The molecule has 0 heterocycles. The van der Waals surface area contributed by atoms with Crippen molar-refractivity contribution in [2.45, 2.75) is 51.6 Å². The Bertz CT molecular complexity index is 140. The third-order valence-electron chi connectivity index (χ3n) is 2.24. The normalized spacial score (nSPS) is 12.4. The fraction of sp³-hybridized carbons (Fsp3) is 0.692. The molecule has 1 heteroatoms. The molecule has 82 valence electrons. The standard InChI is InChI=1S/C13H24O/c1-4-7-9-11-13(6-3)14-12-10-8-5-2/h4,6,13H,1,3,5,7-12H2,2H3. The maximum Gasteiger partial charge on any atom is 0.0753 e. The minimum absolute atomic E-state index is 0.242. The van der Waals surface area contributed by atoms with Crippen LogP contribution >= 0.6 is 0 Å². The highest BCUT2D eigenvalue weighted by molar-refractivity contribution is 4.80. The Morgan fingerprint density at radius 3 is 2.57 bits per heavy atom. The molecule has 0 fully saturated rings. The first-order valence-corrected chi connectivity index (χ1v) is 5.70. The van der Waals surface area contributed by atoms with Gasteiger partial charge in [-0.15, -0.1) is 13.2 Å². The summed E-state index contributed by atoms with van der Waals surface area (Å²) in [7, 11) is 0. The third kappa shape index (κ3) is 8.06. The summed E-state index contributed by atoms with van der Waals surface area (Å²) in [4.78, 5) is 0. The van der Waals surface area contributed by atoms with Gasteiger partial charge in [-0.1, -0.05) is 31.9 Å². The van der Waals surface area contributed by atoms with Gasteiger partial charge in [-0.2, -0.15) is 0 Å². The lowest BCUT2D eigenvalue weighted by Gasteiger charge is -2.12. The number of rotatable bonds is 10. The van der Waals surface area contributed by atoms with Gasteiger partial charge in [-0.05, 0) is 25.7 Å². The molecule has 0 saturated carbocycles. The van der Waals surface area contributed by atoms with Crippen LogP contribution < -0.4 is 0 Å². The van der Waals surface area contributed by atoms with E-state index < -0.39 is 0 Å². The second-order valence-electron chi connectivity index (χ2n) is 3.57. The van der Waals surface area contributed by atoms with Crippen LogP contribution in [-0.2, 0) is 4.74 Å². The van der Waals surface area contributed by atoms with E-state index in [4.69, 9.17) is 4.74 Å². The summed E-state index contributed by atoms with van der Waals surface area (Å²) >= 11 is 0. The minimum atomic E-state index is 0.242. The van der Waals surface area contributed by atoms with E-state index in [9.17, 15) is 0 Å². The topological polar surface area (TPSA) is 9.23 Å². The summed E-state index contributed by atoms with van der Waals surface area (Å²) in [5, 5.41) is 0. The number of hydrogen-bond acceptors (Lipinski definition) is 1. The van der Waals surface area contributed by atoms with Gasteiger partial charge in [0, 0.05) is 6.61 Å². The lowest BCUT2D eigenvalue weighted by molar-refractivity contribution is 0.0756. The largest absolute Gasteiger partial charge is 0.374 e. The first-order chi connectivity index (χ1) is 6.85. The average molecular weight is 196 g/mol. The van der Waals surface area contributed by atoms with Crippen molar-refractivity contribution < 1.29 is 4.74 Å². The second-order valence-corrected chi connectivity index (χ2v) is 3.57. The van der Waals surface area contributed by atoms with Gasteiger partial charge in [0.15, 0.2) is 0 Å². The molecule has 0 aromatic heterocycles. The average Bonchev–Trinajstić information content (AvgIpc) is 2.22. The molecule has 0 N–H and O–H groups in total. The van der Waals surface area contributed by atoms with Crippen molar-refractivity contribution in [3.05, 3.63) is 25.3 Å². The summed E-state index contributed by atoms with van der Waals surface area (Å²) < 4.78 is 5.69. The molecule has 1 atom stereocenters. The highest BCUT2D eigenvalue weighted by atomic mass is 16.5. The van der Waals surface area contributed by atoms with E-state index in [0.29, 0.717) is 0 Å². The molecule has 0 aromatic carbocycles. The molecular weight excluding hydrogens is 172 g/mol. The summed E-state index contributed by atoms with van der Waals surface area (Å²) in [5.74, 6) is 0. The summed E-state index contributed by atoms with van der Waals surface area (Å²) in [6.07, 6.45) is 11.1. The molecule has 0 aliphatic rings. The van der Waals surface area contributed by atoms with Crippen LogP contribution in [0.3, 0.4) is 0 Å².